The monoisotopic (exact) mass is 553 g/mol. The van der Waals surface area contributed by atoms with Crippen molar-refractivity contribution in [1.29, 1.82) is 0 Å². The summed E-state index contributed by atoms with van der Waals surface area (Å²) in [5, 5.41) is 4.12. The molecular formula is C27H24ClN3O2S3. The van der Waals surface area contributed by atoms with Crippen LogP contribution in [0.1, 0.15) is 35.8 Å². The quantitative estimate of drug-likeness (QED) is 0.229. The first-order chi connectivity index (χ1) is 17.4. The average molecular weight is 554 g/mol. The number of anilines is 1. The fourth-order valence-corrected chi connectivity index (χ4v) is 5.93. The average Bonchev–Trinajstić information content (AvgIpc) is 3.39. The number of benzene rings is 2. The zero-order chi connectivity index (χ0) is 25.5. The topological polar surface area (TPSA) is 62.3 Å². The summed E-state index contributed by atoms with van der Waals surface area (Å²) in [7, 11) is 0. The molecule has 0 aliphatic carbocycles. The van der Waals surface area contributed by atoms with Crippen molar-refractivity contribution >= 4 is 74.3 Å². The number of thiazole rings is 1. The minimum atomic E-state index is -0.134. The highest BCUT2D eigenvalue weighted by Gasteiger charge is 2.31. The van der Waals surface area contributed by atoms with Crippen molar-refractivity contribution in [3.63, 3.8) is 0 Å². The number of carbonyl (C=O) groups excluding carboxylic acids is 2. The normalized spacial score (nSPS) is 15.1. The molecule has 0 spiro atoms. The second kappa shape index (κ2) is 12.5. The third kappa shape index (κ3) is 7.36. The van der Waals surface area contributed by atoms with Crippen LogP contribution in [0.4, 0.5) is 5.13 Å². The van der Waals surface area contributed by atoms with Crippen LogP contribution in [0.3, 0.4) is 0 Å². The molecule has 0 atom stereocenters. The maximum absolute atomic E-state index is 12.8. The molecule has 1 aromatic heterocycles. The largest absolute Gasteiger partial charge is 0.302 e. The number of hydrogen-bond donors (Lipinski definition) is 1. The Balaban J connectivity index is 1.25. The second-order valence-electron chi connectivity index (χ2n) is 8.22. The van der Waals surface area contributed by atoms with Crippen molar-refractivity contribution < 1.29 is 9.59 Å². The highest BCUT2D eigenvalue weighted by atomic mass is 35.5. The molecule has 4 rings (SSSR count). The summed E-state index contributed by atoms with van der Waals surface area (Å²) < 4.78 is 0.519. The Morgan fingerprint density at radius 2 is 1.92 bits per heavy atom. The number of amides is 2. The smallest absolute Gasteiger partial charge is 0.266 e. The van der Waals surface area contributed by atoms with Gasteiger partial charge >= 0.3 is 0 Å². The zero-order valence-corrected chi connectivity index (χ0v) is 22.8. The van der Waals surface area contributed by atoms with E-state index in [2.05, 4.69) is 10.3 Å². The van der Waals surface area contributed by atoms with Crippen molar-refractivity contribution in [2.24, 2.45) is 0 Å². The molecule has 1 aliphatic rings. The number of allylic oxidation sites excluding steroid dienone is 2. The molecule has 1 aliphatic heterocycles. The summed E-state index contributed by atoms with van der Waals surface area (Å²) in [6.45, 7) is 2.36. The van der Waals surface area contributed by atoms with Gasteiger partial charge in [0.25, 0.3) is 5.91 Å². The van der Waals surface area contributed by atoms with Gasteiger partial charge in [0.2, 0.25) is 5.91 Å². The summed E-state index contributed by atoms with van der Waals surface area (Å²) in [5.74, 6) is -0.247. The van der Waals surface area contributed by atoms with Gasteiger partial charge in [-0.3, -0.25) is 14.5 Å². The molecule has 184 valence electrons. The van der Waals surface area contributed by atoms with Crippen LogP contribution in [0.15, 0.2) is 77.3 Å². The maximum atomic E-state index is 12.8. The standard InChI is InChI=1S/C27H24ClN3O2S3/c1-18(14-19-6-3-2-4-7-19)15-23-25(33)31(27(34)36-23)13-5-8-24(32)30-26-29-17-22(35-26)16-20-9-11-21(28)12-10-20/h2-4,6-7,9-12,14-15,17H,5,8,13,16H2,1H3,(H,29,30,32). The van der Waals surface area contributed by atoms with E-state index in [9.17, 15) is 9.59 Å². The molecule has 2 amide bonds. The summed E-state index contributed by atoms with van der Waals surface area (Å²) in [5.41, 5.74) is 3.18. The minimum absolute atomic E-state index is 0.113. The van der Waals surface area contributed by atoms with E-state index in [4.69, 9.17) is 23.8 Å². The highest BCUT2D eigenvalue weighted by molar-refractivity contribution is 8.26. The van der Waals surface area contributed by atoms with Gasteiger partial charge in [0, 0.05) is 35.5 Å². The fraction of sp³-hybridized carbons (Fsp3) is 0.185. The van der Waals surface area contributed by atoms with E-state index in [-0.39, 0.29) is 18.2 Å². The first-order valence-corrected chi connectivity index (χ1v) is 13.8. The van der Waals surface area contributed by atoms with Gasteiger partial charge in [0.1, 0.15) is 4.32 Å². The van der Waals surface area contributed by atoms with E-state index in [0.29, 0.717) is 32.3 Å². The predicted molar refractivity (Wildman–Crippen MR) is 154 cm³/mol. The first kappa shape index (κ1) is 26.3. The summed E-state index contributed by atoms with van der Waals surface area (Å²) in [6, 6.07) is 17.6. The second-order valence-corrected chi connectivity index (χ2v) is 11.4. The summed E-state index contributed by atoms with van der Waals surface area (Å²) >= 11 is 14.1. The Kier molecular flexibility index (Phi) is 9.09. The van der Waals surface area contributed by atoms with E-state index in [1.165, 1.54) is 23.1 Å². The number of halogens is 1. The van der Waals surface area contributed by atoms with E-state index >= 15 is 0 Å². The van der Waals surface area contributed by atoms with Gasteiger partial charge in [-0.2, -0.15) is 0 Å². The van der Waals surface area contributed by atoms with Crippen LogP contribution in [-0.4, -0.2) is 32.6 Å². The maximum Gasteiger partial charge on any atom is 0.266 e. The molecule has 0 unspecified atom stereocenters. The molecule has 36 heavy (non-hydrogen) atoms. The summed E-state index contributed by atoms with van der Waals surface area (Å²) in [4.78, 5) is 32.8. The molecule has 3 aromatic rings. The zero-order valence-electron chi connectivity index (χ0n) is 19.6. The van der Waals surface area contributed by atoms with Gasteiger partial charge in [-0.1, -0.05) is 84.1 Å². The molecule has 1 saturated heterocycles. The molecule has 5 nitrogen and oxygen atoms in total. The van der Waals surface area contributed by atoms with Crippen LogP contribution in [-0.2, 0) is 16.0 Å². The molecule has 9 heteroatoms. The molecule has 2 heterocycles. The number of thiocarbonyl (C=S) groups is 1. The van der Waals surface area contributed by atoms with Crippen molar-refractivity contribution in [3.05, 3.63) is 98.4 Å². The molecular weight excluding hydrogens is 530 g/mol. The van der Waals surface area contributed by atoms with Gasteiger partial charge in [0.05, 0.1) is 4.91 Å². The molecule has 1 N–H and O–H groups in total. The highest BCUT2D eigenvalue weighted by Crippen LogP contribution is 2.32. The van der Waals surface area contributed by atoms with E-state index in [0.717, 1.165) is 28.0 Å². The predicted octanol–water partition coefficient (Wildman–Crippen LogP) is 6.95. The van der Waals surface area contributed by atoms with Gasteiger partial charge in [-0.05, 0) is 48.3 Å². The van der Waals surface area contributed by atoms with Crippen LogP contribution in [0.2, 0.25) is 5.02 Å². The third-order valence-electron chi connectivity index (χ3n) is 5.30. The van der Waals surface area contributed by atoms with Gasteiger partial charge in [-0.25, -0.2) is 4.98 Å². The lowest BCUT2D eigenvalue weighted by Crippen LogP contribution is -2.29. The van der Waals surface area contributed by atoms with Crippen molar-refractivity contribution in [3.8, 4) is 0 Å². The number of nitrogens with zero attached hydrogens (tertiary/aromatic N) is 2. The number of rotatable bonds is 9. The first-order valence-electron chi connectivity index (χ1n) is 11.3. The van der Waals surface area contributed by atoms with Gasteiger partial charge < -0.3 is 5.32 Å². The molecule has 0 bridgehead atoms. The lowest BCUT2D eigenvalue weighted by Gasteiger charge is -2.13. The van der Waals surface area contributed by atoms with Gasteiger partial charge in [-0.15, -0.1) is 11.3 Å². The van der Waals surface area contributed by atoms with Crippen molar-refractivity contribution in [2.75, 3.05) is 11.9 Å². The number of nitrogens with one attached hydrogen (secondary N) is 1. The number of hydrogen-bond acceptors (Lipinski definition) is 6. The molecule has 1 fully saturated rings. The Hall–Kier alpha value is -2.78. The van der Waals surface area contributed by atoms with Crippen LogP contribution < -0.4 is 5.32 Å². The van der Waals surface area contributed by atoms with Crippen LogP contribution in [0.5, 0.6) is 0 Å². The number of thioether (sulfide) groups is 1. The Morgan fingerprint density at radius 3 is 2.67 bits per heavy atom. The van der Waals surface area contributed by atoms with Crippen molar-refractivity contribution in [1.82, 2.24) is 9.88 Å². The number of aromatic nitrogens is 1. The Bertz CT molecular complexity index is 1320. The van der Waals surface area contributed by atoms with E-state index in [1.807, 2.05) is 73.7 Å². The van der Waals surface area contributed by atoms with E-state index < -0.39 is 0 Å². The van der Waals surface area contributed by atoms with Crippen LogP contribution in [0.25, 0.3) is 6.08 Å². The third-order valence-corrected chi connectivity index (χ3v) is 7.85. The van der Waals surface area contributed by atoms with Crippen LogP contribution >= 0.6 is 46.9 Å². The molecule has 0 saturated carbocycles. The fourth-order valence-electron chi connectivity index (χ4n) is 3.58. The Labute approximate surface area is 229 Å². The summed E-state index contributed by atoms with van der Waals surface area (Å²) in [6.07, 6.45) is 7.17. The SMILES string of the molecule is CC(=Cc1ccccc1)C=C1SC(=S)N(CCCC(=O)Nc2ncc(Cc3ccc(Cl)cc3)s2)C1=O. The Morgan fingerprint density at radius 1 is 1.17 bits per heavy atom. The molecule has 0 radical (unpaired) electrons. The lowest BCUT2D eigenvalue weighted by atomic mass is 10.1. The van der Waals surface area contributed by atoms with Crippen molar-refractivity contribution in [2.45, 2.75) is 26.2 Å². The van der Waals surface area contributed by atoms with E-state index in [1.54, 1.807) is 11.1 Å². The minimum Gasteiger partial charge on any atom is -0.302 e. The number of carbonyl (C=O) groups is 2. The molecule has 2 aromatic carbocycles. The lowest BCUT2D eigenvalue weighted by molar-refractivity contribution is -0.122. The van der Waals surface area contributed by atoms with Gasteiger partial charge in [0.15, 0.2) is 5.13 Å². The van der Waals surface area contributed by atoms with Crippen LogP contribution in [0, 0.1) is 0 Å².